The fourth-order valence-electron chi connectivity index (χ4n) is 1.44. The fourth-order valence-corrected chi connectivity index (χ4v) is 1.44. The van der Waals surface area contributed by atoms with Crippen LogP contribution < -0.4 is 5.73 Å². The van der Waals surface area contributed by atoms with E-state index >= 15 is 0 Å². The lowest BCUT2D eigenvalue weighted by atomic mass is 10.3. The minimum atomic E-state index is -1.00. The molecule has 0 spiro atoms. The van der Waals surface area contributed by atoms with Crippen LogP contribution in [0.4, 0.5) is 0 Å². The Kier molecular flexibility index (Phi) is 3.02. The minimum Gasteiger partial charge on any atom is -0.328 e. The molecule has 0 aliphatic heterocycles. The smallest absolute Gasteiger partial charge is 0.294 e. The second-order valence-corrected chi connectivity index (χ2v) is 2.97. The Bertz CT molecular complexity index is 222. The molecule has 0 aromatic rings. The Hall–Kier alpha value is -1.64. The van der Waals surface area contributed by atoms with Crippen LogP contribution in [-0.2, 0) is 9.68 Å². The molecule has 0 radical (unpaired) electrons. The summed E-state index contributed by atoms with van der Waals surface area (Å²) in [6, 6.07) is -0.370. The highest BCUT2D eigenvalue weighted by atomic mass is 17.0. The van der Waals surface area contributed by atoms with Gasteiger partial charge in [0.25, 0.3) is 10.2 Å². The molecule has 2 N–H and O–H groups in total. The molecule has 1 fully saturated rings. The van der Waals surface area contributed by atoms with Crippen LogP contribution in [0, 0.1) is 20.2 Å². The Morgan fingerprint density at radius 3 is 1.71 bits per heavy atom. The van der Waals surface area contributed by atoms with Gasteiger partial charge in [0, 0.05) is 6.04 Å². The van der Waals surface area contributed by atoms with E-state index in [0.29, 0.717) is 0 Å². The van der Waals surface area contributed by atoms with Crippen LogP contribution in [-0.4, -0.2) is 28.4 Å². The van der Waals surface area contributed by atoms with E-state index in [1.54, 1.807) is 0 Å². The average Bonchev–Trinajstić information content (AvgIpc) is 2.28. The van der Waals surface area contributed by atoms with Gasteiger partial charge in [-0.3, -0.25) is 0 Å². The minimum absolute atomic E-state index is 0.180. The average molecular weight is 207 g/mol. The fraction of sp³-hybridized carbons (Fsp3) is 1.00. The summed E-state index contributed by atoms with van der Waals surface area (Å²) in [6.45, 7) is 0. The molecule has 0 aromatic carbocycles. The van der Waals surface area contributed by atoms with E-state index in [0.717, 1.165) is 0 Å². The van der Waals surface area contributed by atoms with Crippen molar-refractivity contribution in [3.63, 3.8) is 0 Å². The van der Waals surface area contributed by atoms with Gasteiger partial charge in [-0.2, -0.15) is 0 Å². The normalized spacial score (nSPS) is 31.1. The Morgan fingerprint density at radius 1 is 1.07 bits per heavy atom. The zero-order valence-electron chi connectivity index (χ0n) is 7.07. The highest BCUT2D eigenvalue weighted by molar-refractivity contribution is 4.86. The molecule has 9 nitrogen and oxygen atoms in total. The van der Waals surface area contributed by atoms with Crippen LogP contribution in [0.25, 0.3) is 0 Å². The van der Waals surface area contributed by atoms with Gasteiger partial charge in [-0.15, -0.1) is 20.2 Å². The van der Waals surface area contributed by atoms with Crippen molar-refractivity contribution >= 4 is 0 Å². The summed E-state index contributed by atoms with van der Waals surface area (Å²) < 4.78 is 0. The lowest BCUT2D eigenvalue weighted by Crippen LogP contribution is -2.30. The summed E-state index contributed by atoms with van der Waals surface area (Å²) in [5, 5.41) is 18.0. The number of rotatable bonds is 4. The van der Waals surface area contributed by atoms with Crippen molar-refractivity contribution in [2.45, 2.75) is 31.1 Å². The first kappa shape index (κ1) is 10.4. The maximum absolute atomic E-state index is 10.0. The maximum atomic E-state index is 10.0. The van der Waals surface area contributed by atoms with E-state index in [1.807, 2.05) is 0 Å². The van der Waals surface area contributed by atoms with Crippen LogP contribution >= 0.6 is 0 Å². The number of hydrogen-bond acceptors (Lipinski definition) is 7. The third kappa shape index (κ3) is 2.69. The molecule has 0 aromatic heterocycles. The zero-order valence-corrected chi connectivity index (χ0v) is 7.07. The van der Waals surface area contributed by atoms with E-state index in [4.69, 9.17) is 5.73 Å². The standard InChI is InChI=1S/C5H9N3O6/c6-3-1-4(13-7(9)10)5(2-3)14-8(11)12/h3-5H,1-2,6H2/t3?,4-,5+. The van der Waals surface area contributed by atoms with E-state index in [-0.39, 0.29) is 18.9 Å². The highest BCUT2D eigenvalue weighted by Gasteiger charge is 2.37. The monoisotopic (exact) mass is 207 g/mol. The Balaban J connectivity index is 2.53. The molecule has 3 atom stereocenters. The van der Waals surface area contributed by atoms with Crippen molar-refractivity contribution in [3.05, 3.63) is 20.2 Å². The lowest BCUT2D eigenvalue weighted by Gasteiger charge is -2.14. The van der Waals surface area contributed by atoms with Gasteiger partial charge < -0.3 is 15.4 Å². The van der Waals surface area contributed by atoms with Gasteiger partial charge >= 0.3 is 0 Å². The summed E-state index contributed by atoms with van der Waals surface area (Å²) in [6.07, 6.45) is -1.55. The second kappa shape index (κ2) is 4.05. The van der Waals surface area contributed by atoms with Crippen LogP contribution in [0.3, 0.4) is 0 Å². The largest absolute Gasteiger partial charge is 0.328 e. The molecule has 14 heavy (non-hydrogen) atoms. The number of hydrogen-bond donors (Lipinski definition) is 1. The van der Waals surface area contributed by atoms with Crippen molar-refractivity contribution in [1.29, 1.82) is 0 Å². The molecule has 1 aliphatic rings. The molecule has 0 saturated heterocycles. The van der Waals surface area contributed by atoms with Gasteiger partial charge in [0.1, 0.15) is 12.2 Å². The number of nitrogens with zero attached hydrogens (tertiary/aromatic N) is 2. The predicted molar refractivity (Wildman–Crippen MR) is 40.9 cm³/mol. The Morgan fingerprint density at radius 2 is 1.43 bits per heavy atom. The first-order chi connectivity index (χ1) is 6.49. The molecule has 1 unspecified atom stereocenters. The highest BCUT2D eigenvalue weighted by Crippen LogP contribution is 2.24. The van der Waals surface area contributed by atoms with Crippen molar-refractivity contribution in [2.24, 2.45) is 5.73 Å². The van der Waals surface area contributed by atoms with Crippen LogP contribution in [0.2, 0.25) is 0 Å². The molecule has 1 aliphatic carbocycles. The van der Waals surface area contributed by atoms with E-state index < -0.39 is 22.4 Å². The third-order valence-corrected chi connectivity index (χ3v) is 1.93. The SMILES string of the molecule is NC1C[C@H](O[N+](=O)[O-])[C@H](O[N+](=O)[O-])C1. The maximum Gasteiger partial charge on any atom is 0.294 e. The summed E-state index contributed by atoms with van der Waals surface area (Å²) >= 11 is 0. The quantitative estimate of drug-likeness (QED) is 0.474. The Labute approximate surface area is 78.0 Å². The van der Waals surface area contributed by atoms with Gasteiger partial charge in [0.2, 0.25) is 0 Å². The van der Waals surface area contributed by atoms with Gasteiger partial charge in [-0.25, -0.2) is 0 Å². The predicted octanol–water partition coefficient (Wildman–Crippen LogP) is -0.739. The van der Waals surface area contributed by atoms with E-state index in [2.05, 4.69) is 9.68 Å². The molecule has 1 rings (SSSR count). The van der Waals surface area contributed by atoms with Crippen molar-refractivity contribution in [1.82, 2.24) is 0 Å². The molecule has 9 heteroatoms. The van der Waals surface area contributed by atoms with Crippen LogP contribution in [0.1, 0.15) is 12.8 Å². The van der Waals surface area contributed by atoms with E-state index in [1.165, 1.54) is 0 Å². The molecule has 0 amide bonds. The van der Waals surface area contributed by atoms with Crippen LogP contribution in [0.5, 0.6) is 0 Å². The van der Waals surface area contributed by atoms with Crippen molar-refractivity contribution in [2.75, 3.05) is 0 Å². The molecular weight excluding hydrogens is 198 g/mol. The van der Waals surface area contributed by atoms with Gasteiger partial charge in [-0.05, 0) is 12.8 Å². The van der Waals surface area contributed by atoms with Gasteiger partial charge in [0.05, 0.1) is 0 Å². The van der Waals surface area contributed by atoms with Gasteiger partial charge in [0.15, 0.2) is 0 Å². The summed E-state index contributed by atoms with van der Waals surface area (Å²) in [7, 11) is 0. The molecule has 80 valence electrons. The van der Waals surface area contributed by atoms with Crippen molar-refractivity contribution < 1.29 is 19.8 Å². The first-order valence-electron chi connectivity index (χ1n) is 3.87. The third-order valence-electron chi connectivity index (χ3n) is 1.93. The summed E-state index contributed by atoms with van der Waals surface area (Å²) in [5.41, 5.74) is 5.46. The molecule has 0 heterocycles. The van der Waals surface area contributed by atoms with Crippen LogP contribution in [0.15, 0.2) is 0 Å². The first-order valence-corrected chi connectivity index (χ1v) is 3.87. The molecule has 0 bridgehead atoms. The van der Waals surface area contributed by atoms with Gasteiger partial charge in [-0.1, -0.05) is 0 Å². The second-order valence-electron chi connectivity index (χ2n) is 2.97. The molecule has 1 saturated carbocycles. The molecular formula is C5H9N3O6. The lowest BCUT2D eigenvalue weighted by molar-refractivity contribution is -0.797. The van der Waals surface area contributed by atoms with Crippen molar-refractivity contribution in [3.8, 4) is 0 Å². The number of nitrogens with two attached hydrogens (primary N) is 1. The summed E-state index contributed by atoms with van der Waals surface area (Å²) in [5.74, 6) is 0. The van der Waals surface area contributed by atoms with E-state index in [9.17, 15) is 20.2 Å². The summed E-state index contributed by atoms with van der Waals surface area (Å²) in [4.78, 5) is 28.4. The zero-order chi connectivity index (χ0) is 10.7. The topological polar surface area (TPSA) is 131 Å².